The summed E-state index contributed by atoms with van der Waals surface area (Å²) in [5.74, 6) is 3.06. The number of para-hydroxylation sites is 1. The van der Waals surface area contributed by atoms with Crippen LogP contribution < -0.4 is 15.4 Å². The molecule has 7 heteroatoms. The molecule has 2 aromatic rings. The molecule has 3 heterocycles. The molecule has 2 N–H and O–H groups in total. The Morgan fingerprint density at radius 1 is 1.11 bits per heavy atom. The molecule has 2 aliphatic heterocycles. The number of anilines is 1. The van der Waals surface area contributed by atoms with Gasteiger partial charge in [-0.25, -0.2) is 4.98 Å². The molecule has 0 bridgehead atoms. The highest BCUT2D eigenvalue weighted by molar-refractivity contribution is 14.0. The summed E-state index contributed by atoms with van der Waals surface area (Å²) in [5.41, 5.74) is 7.51. The zero-order valence-electron chi connectivity index (χ0n) is 15.3. The maximum absolute atomic E-state index is 6.25. The van der Waals surface area contributed by atoms with E-state index in [1.165, 1.54) is 5.56 Å². The highest BCUT2D eigenvalue weighted by Crippen LogP contribution is 2.26. The van der Waals surface area contributed by atoms with Crippen molar-refractivity contribution >= 4 is 35.8 Å². The summed E-state index contributed by atoms with van der Waals surface area (Å²) in [5, 5.41) is 0. The van der Waals surface area contributed by atoms with Crippen LogP contribution in [0.25, 0.3) is 0 Å². The van der Waals surface area contributed by atoms with Gasteiger partial charge >= 0.3 is 0 Å². The second kappa shape index (κ2) is 9.25. The number of guanidine groups is 1. The molecule has 1 aromatic heterocycles. The Balaban J connectivity index is 0.00000210. The molecule has 144 valence electrons. The van der Waals surface area contributed by atoms with E-state index < -0.39 is 0 Å². The third-order valence-corrected chi connectivity index (χ3v) is 5.04. The molecule has 1 saturated heterocycles. The number of nitrogens with two attached hydrogens (primary N) is 1. The smallest absolute Gasteiger partial charge is 0.191 e. The van der Waals surface area contributed by atoms with Crippen molar-refractivity contribution in [1.82, 2.24) is 9.88 Å². The number of rotatable bonds is 3. The largest absolute Gasteiger partial charge is 0.493 e. The fraction of sp³-hybridized carbons (Fsp3) is 0.400. The third kappa shape index (κ3) is 4.82. The average Bonchev–Trinajstić information content (AvgIpc) is 2.72. The van der Waals surface area contributed by atoms with Crippen LogP contribution in [0.5, 0.6) is 5.75 Å². The summed E-state index contributed by atoms with van der Waals surface area (Å²) in [7, 11) is 0. The molecule has 6 nitrogen and oxygen atoms in total. The predicted molar refractivity (Wildman–Crippen MR) is 119 cm³/mol. The summed E-state index contributed by atoms with van der Waals surface area (Å²) in [6.45, 7) is 4.98. The zero-order valence-corrected chi connectivity index (χ0v) is 17.7. The fourth-order valence-electron chi connectivity index (χ4n) is 3.54. The van der Waals surface area contributed by atoms with Gasteiger partial charge in [0.1, 0.15) is 11.6 Å². The molecule has 0 saturated carbocycles. The molecule has 0 aliphatic carbocycles. The van der Waals surface area contributed by atoms with Crippen LogP contribution in [0.15, 0.2) is 53.7 Å². The lowest BCUT2D eigenvalue weighted by atomic mass is 9.97. The van der Waals surface area contributed by atoms with Gasteiger partial charge in [-0.05, 0) is 30.2 Å². The van der Waals surface area contributed by atoms with Crippen LogP contribution in [0, 0.1) is 5.92 Å². The van der Waals surface area contributed by atoms with Gasteiger partial charge in [-0.15, -0.1) is 24.0 Å². The van der Waals surface area contributed by atoms with E-state index in [0.29, 0.717) is 25.0 Å². The van der Waals surface area contributed by atoms with Crippen LogP contribution in [0.1, 0.15) is 5.56 Å². The van der Waals surface area contributed by atoms with Gasteiger partial charge in [0.25, 0.3) is 0 Å². The number of hydrogen-bond donors (Lipinski definition) is 1. The monoisotopic (exact) mass is 479 g/mol. The molecule has 1 aromatic carbocycles. The Morgan fingerprint density at radius 3 is 2.67 bits per heavy atom. The summed E-state index contributed by atoms with van der Waals surface area (Å²) in [6, 6.07) is 14.2. The number of piperazine rings is 1. The molecule has 0 radical (unpaired) electrons. The summed E-state index contributed by atoms with van der Waals surface area (Å²) >= 11 is 0. The van der Waals surface area contributed by atoms with Crippen LogP contribution in [0.4, 0.5) is 5.82 Å². The predicted octanol–water partition coefficient (Wildman–Crippen LogP) is 2.39. The second-order valence-corrected chi connectivity index (χ2v) is 6.85. The SMILES string of the molecule is I.NC(=NCC1COc2ccccc2C1)N1CCN(c2ccccn2)CC1. The number of hydrogen-bond acceptors (Lipinski definition) is 4. The van der Waals surface area contributed by atoms with Crippen molar-refractivity contribution in [3.63, 3.8) is 0 Å². The van der Waals surface area contributed by atoms with Gasteiger partial charge in [0, 0.05) is 44.8 Å². The minimum atomic E-state index is 0. The van der Waals surface area contributed by atoms with Crippen LogP contribution in [0.3, 0.4) is 0 Å². The lowest BCUT2D eigenvalue weighted by Crippen LogP contribution is -2.51. The van der Waals surface area contributed by atoms with Gasteiger partial charge in [-0.2, -0.15) is 0 Å². The number of ether oxygens (including phenoxy) is 1. The number of pyridine rings is 1. The highest BCUT2D eigenvalue weighted by Gasteiger charge is 2.21. The van der Waals surface area contributed by atoms with Gasteiger partial charge in [0.15, 0.2) is 5.96 Å². The molecule has 0 spiro atoms. The van der Waals surface area contributed by atoms with Crippen molar-refractivity contribution in [1.29, 1.82) is 0 Å². The minimum Gasteiger partial charge on any atom is -0.493 e. The molecule has 0 amide bonds. The van der Waals surface area contributed by atoms with Gasteiger partial charge in [-0.1, -0.05) is 24.3 Å². The summed E-state index contributed by atoms with van der Waals surface area (Å²) < 4.78 is 5.84. The van der Waals surface area contributed by atoms with Crippen molar-refractivity contribution in [2.75, 3.05) is 44.2 Å². The van der Waals surface area contributed by atoms with Gasteiger partial charge < -0.3 is 20.3 Å². The average molecular weight is 479 g/mol. The minimum absolute atomic E-state index is 0. The van der Waals surface area contributed by atoms with Crippen LogP contribution >= 0.6 is 24.0 Å². The lowest BCUT2D eigenvalue weighted by molar-refractivity contribution is 0.226. The third-order valence-electron chi connectivity index (χ3n) is 5.04. The first-order valence-electron chi connectivity index (χ1n) is 9.21. The molecule has 27 heavy (non-hydrogen) atoms. The Morgan fingerprint density at radius 2 is 1.89 bits per heavy atom. The van der Waals surface area contributed by atoms with Crippen LogP contribution in [-0.4, -0.2) is 55.2 Å². The maximum Gasteiger partial charge on any atom is 0.191 e. The van der Waals surface area contributed by atoms with Gasteiger partial charge in [-0.3, -0.25) is 4.99 Å². The Hall–Kier alpha value is -2.03. The number of fused-ring (bicyclic) bond motifs is 1. The van der Waals surface area contributed by atoms with E-state index in [2.05, 4.69) is 31.9 Å². The molecule has 4 rings (SSSR count). The van der Waals surface area contributed by atoms with Gasteiger partial charge in [0.2, 0.25) is 0 Å². The van der Waals surface area contributed by atoms with Crippen molar-refractivity contribution < 1.29 is 4.74 Å². The van der Waals surface area contributed by atoms with E-state index in [0.717, 1.165) is 44.2 Å². The maximum atomic E-state index is 6.25. The van der Waals surface area contributed by atoms with Crippen molar-refractivity contribution in [3.8, 4) is 5.75 Å². The number of nitrogens with zero attached hydrogens (tertiary/aromatic N) is 4. The van der Waals surface area contributed by atoms with E-state index in [1.807, 2.05) is 36.5 Å². The van der Waals surface area contributed by atoms with Crippen LogP contribution in [-0.2, 0) is 6.42 Å². The number of halogens is 1. The standard InChI is InChI=1S/C20H25N5O.HI/c21-20(23-14-16-13-17-5-1-2-6-18(17)26-15-16)25-11-9-24(10-12-25)19-7-3-4-8-22-19;/h1-8,16H,9-15H2,(H2,21,23);1H. The molecule has 2 aliphatic rings. The number of aromatic nitrogens is 1. The first-order valence-corrected chi connectivity index (χ1v) is 9.21. The molecular weight excluding hydrogens is 453 g/mol. The fourth-order valence-corrected chi connectivity index (χ4v) is 3.54. The molecule has 1 atom stereocenters. The Bertz CT molecular complexity index is 762. The van der Waals surface area contributed by atoms with E-state index in [4.69, 9.17) is 10.5 Å². The van der Waals surface area contributed by atoms with Gasteiger partial charge in [0.05, 0.1) is 6.61 Å². The second-order valence-electron chi connectivity index (χ2n) is 6.85. The number of aliphatic imine (C=N–C) groups is 1. The quantitative estimate of drug-likeness (QED) is 0.416. The van der Waals surface area contributed by atoms with E-state index in [1.54, 1.807) is 0 Å². The zero-order chi connectivity index (χ0) is 17.8. The number of benzene rings is 1. The molecular formula is C20H26IN5O. The Labute approximate surface area is 177 Å². The van der Waals surface area contributed by atoms with Crippen molar-refractivity contribution in [3.05, 3.63) is 54.2 Å². The van der Waals surface area contributed by atoms with Crippen molar-refractivity contribution in [2.24, 2.45) is 16.6 Å². The first kappa shape index (κ1) is 19.7. The summed E-state index contributed by atoms with van der Waals surface area (Å²) in [6.07, 6.45) is 2.84. The van der Waals surface area contributed by atoms with E-state index >= 15 is 0 Å². The highest BCUT2D eigenvalue weighted by atomic mass is 127. The van der Waals surface area contributed by atoms with E-state index in [9.17, 15) is 0 Å². The lowest BCUT2D eigenvalue weighted by Gasteiger charge is -2.36. The first-order chi connectivity index (χ1) is 12.8. The Kier molecular flexibility index (Phi) is 6.76. The normalized spacial score (nSPS) is 19.7. The topological polar surface area (TPSA) is 67.0 Å². The van der Waals surface area contributed by atoms with Crippen LogP contribution in [0.2, 0.25) is 0 Å². The summed E-state index contributed by atoms with van der Waals surface area (Å²) in [4.78, 5) is 13.5. The molecule has 1 unspecified atom stereocenters. The van der Waals surface area contributed by atoms with E-state index in [-0.39, 0.29) is 24.0 Å². The van der Waals surface area contributed by atoms with Crippen molar-refractivity contribution in [2.45, 2.75) is 6.42 Å². The molecule has 1 fully saturated rings.